The predicted molar refractivity (Wildman–Crippen MR) is 125 cm³/mol. The van der Waals surface area contributed by atoms with Crippen LogP contribution in [0.5, 0.6) is 5.75 Å². The van der Waals surface area contributed by atoms with Gasteiger partial charge in [-0.3, -0.25) is 14.6 Å². The molecule has 0 unspecified atom stereocenters. The number of hydrogen-bond donors (Lipinski definition) is 3. The molecule has 162 valence electrons. The molecule has 2 heterocycles. The zero-order valence-electron chi connectivity index (χ0n) is 17.6. The summed E-state index contributed by atoms with van der Waals surface area (Å²) < 4.78 is 5.15. The van der Waals surface area contributed by atoms with E-state index in [1.807, 2.05) is 42.5 Å². The average molecular weight is 437 g/mol. The Morgan fingerprint density at radius 3 is 2.55 bits per heavy atom. The van der Waals surface area contributed by atoms with Crippen molar-refractivity contribution >= 4 is 34.1 Å². The lowest BCUT2D eigenvalue weighted by Crippen LogP contribution is -2.38. The largest absolute Gasteiger partial charge is 0.497 e. The number of hydrogen-bond acceptors (Lipinski definition) is 6. The van der Waals surface area contributed by atoms with Gasteiger partial charge in [-0.15, -0.1) is 0 Å². The molecular weight excluding hydrogens is 418 g/mol. The lowest BCUT2D eigenvalue weighted by atomic mass is 9.77. The first kappa shape index (κ1) is 20.3. The molecule has 4 aromatic rings. The maximum atomic E-state index is 13.2. The van der Waals surface area contributed by atoms with Crippen LogP contribution in [-0.2, 0) is 4.79 Å². The SMILES string of the molecule is COc1ccc(Nc2nc3c(c(=O)[nH]2)[C@H](c2cccc4ccccc24)[C@H](C#N)C(=O)N3)cc1. The molecule has 0 saturated heterocycles. The highest BCUT2D eigenvalue weighted by atomic mass is 16.5. The minimum absolute atomic E-state index is 0.143. The van der Waals surface area contributed by atoms with Gasteiger partial charge in [0.05, 0.1) is 18.7 Å². The Balaban J connectivity index is 1.63. The van der Waals surface area contributed by atoms with Crippen LogP contribution in [0.25, 0.3) is 10.8 Å². The van der Waals surface area contributed by atoms with Gasteiger partial charge >= 0.3 is 0 Å². The topological polar surface area (TPSA) is 120 Å². The van der Waals surface area contributed by atoms with Crippen LogP contribution in [0, 0.1) is 17.2 Å². The number of rotatable bonds is 4. The number of methoxy groups -OCH3 is 1. The molecule has 0 radical (unpaired) electrons. The van der Waals surface area contributed by atoms with Crippen molar-refractivity contribution in [1.29, 1.82) is 5.26 Å². The molecule has 5 rings (SSSR count). The standard InChI is InChI=1S/C25H19N5O3/c1-33-16-11-9-15(10-12-16)27-25-29-22-21(24(32)30-25)20(19(13-26)23(31)28-22)18-8-4-6-14-5-2-3-7-17(14)18/h2-12,19-20H,1H3,(H3,27,28,29,30,31,32)/t19-,20+/m0/s1. The molecule has 1 aliphatic rings. The average Bonchev–Trinajstić information content (AvgIpc) is 2.83. The highest BCUT2D eigenvalue weighted by Gasteiger charge is 2.40. The number of amides is 1. The number of aromatic nitrogens is 2. The number of nitrogens with one attached hydrogen (secondary N) is 3. The van der Waals surface area contributed by atoms with Crippen molar-refractivity contribution in [2.75, 3.05) is 17.7 Å². The Morgan fingerprint density at radius 2 is 1.79 bits per heavy atom. The molecule has 0 fully saturated rings. The second-order valence-corrected chi connectivity index (χ2v) is 7.67. The van der Waals surface area contributed by atoms with E-state index in [0.717, 1.165) is 16.3 Å². The Bertz CT molecular complexity index is 1470. The van der Waals surface area contributed by atoms with Gasteiger partial charge < -0.3 is 15.4 Å². The molecule has 1 aromatic heterocycles. The molecule has 8 nitrogen and oxygen atoms in total. The fourth-order valence-electron chi connectivity index (χ4n) is 4.24. The van der Waals surface area contributed by atoms with Gasteiger partial charge in [0.15, 0.2) is 0 Å². The van der Waals surface area contributed by atoms with Crippen LogP contribution in [0.2, 0.25) is 0 Å². The van der Waals surface area contributed by atoms with Crippen LogP contribution in [0.15, 0.2) is 71.5 Å². The fourth-order valence-corrected chi connectivity index (χ4v) is 4.24. The van der Waals surface area contributed by atoms with Crippen molar-refractivity contribution in [3.05, 3.63) is 88.2 Å². The third kappa shape index (κ3) is 3.55. The molecule has 0 saturated carbocycles. The summed E-state index contributed by atoms with van der Waals surface area (Å²) in [7, 11) is 1.58. The summed E-state index contributed by atoms with van der Waals surface area (Å²) in [4.78, 5) is 33.3. The van der Waals surface area contributed by atoms with E-state index in [2.05, 4.69) is 26.7 Å². The fraction of sp³-hybridized carbons (Fsp3) is 0.120. The van der Waals surface area contributed by atoms with Crippen LogP contribution >= 0.6 is 0 Å². The molecule has 0 bridgehead atoms. The zero-order valence-corrected chi connectivity index (χ0v) is 17.6. The van der Waals surface area contributed by atoms with Gasteiger partial charge in [0, 0.05) is 11.6 Å². The number of aromatic amines is 1. The maximum Gasteiger partial charge on any atom is 0.258 e. The number of H-pyrrole nitrogens is 1. The van der Waals surface area contributed by atoms with Gasteiger partial charge in [-0.25, -0.2) is 0 Å². The summed E-state index contributed by atoms with van der Waals surface area (Å²) in [5.41, 5.74) is 1.26. The van der Waals surface area contributed by atoms with Crippen LogP contribution in [0.3, 0.4) is 0 Å². The van der Waals surface area contributed by atoms with Gasteiger partial charge in [0.25, 0.3) is 5.56 Å². The van der Waals surface area contributed by atoms with E-state index in [-0.39, 0.29) is 17.3 Å². The van der Waals surface area contributed by atoms with Gasteiger partial charge in [-0.1, -0.05) is 42.5 Å². The molecule has 2 atom stereocenters. The lowest BCUT2D eigenvalue weighted by molar-refractivity contribution is -0.119. The molecule has 0 spiro atoms. The van der Waals surface area contributed by atoms with Crippen molar-refractivity contribution in [3.63, 3.8) is 0 Å². The number of fused-ring (bicyclic) bond motifs is 2. The molecular formula is C25H19N5O3. The van der Waals surface area contributed by atoms with Crippen molar-refractivity contribution in [2.24, 2.45) is 5.92 Å². The quantitative estimate of drug-likeness (QED) is 0.445. The number of carbonyl (C=O) groups is 1. The van der Waals surface area contributed by atoms with E-state index in [1.165, 1.54) is 0 Å². The van der Waals surface area contributed by atoms with E-state index in [4.69, 9.17) is 4.74 Å². The summed E-state index contributed by atoms with van der Waals surface area (Å²) in [6.07, 6.45) is 0. The van der Waals surface area contributed by atoms with E-state index in [9.17, 15) is 14.9 Å². The van der Waals surface area contributed by atoms with Crippen molar-refractivity contribution in [2.45, 2.75) is 5.92 Å². The van der Waals surface area contributed by atoms with E-state index >= 15 is 0 Å². The van der Waals surface area contributed by atoms with Crippen LogP contribution in [-0.4, -0.2) is 23.0 Å². The van der Waals surface area contributed by atoms with Crippen molar-refractivity contribution < 1.29 is 9.53 Å². The number of nitriles is 1. The maximum absolute atomic E-state index is 13.2. The third-order valence-electron chi connectivity index (χ3n) is 5.77. The predicted octanol–water partition coefficient (Wildman–Crippen LogP) is 3.90. The van der Waals surface area contributed by atoms with Crippen LogP contribution < -0.4 is 20.9 Å². The molecule has 33 heavy (non-hydrogen) atoms. The number of nitrogens with zero attached hydrogens (tertiary/aromatic N) is 2. The Hall–Kier alpha value is -4.64. The second-order valence-electron chi connectivity index (χ2n) is 7.67. The number of benzene rings is 3. The Labute approximate surface area is 188 Å². The molecule has 1 aliphatic heterocycles. The normalized spacial score (nSPS) is 17.0. The second kappa shape index (κ2) is 8.13. The molecule has 1 amide bonds. The molecule has 3 aromatic carbocycles. The molecule has 3 N–H and O–H groups in total. The van der Waals surface area contributed by atoms with Gasteiger partial charge in [-0.05, 0) is 40.6 Å². The van der Waals surface area contributed by atoms with Crippen molar-refractivity contribution in [3.8, 4) is 11.8 Å². The van der Waals surface area contributed by atoms with E-state index in [1.54, 1.807) is 31.4 Å². The Kier molecular flexibility index (Phi) is 4.99. The summed E-state index contributed by atoms with van der Waals surface area (Å²) in [6.45, 7) is 0. The summed E-state index contributed by atoms with van der Waals surface area (Å²) in [5, 5.41) is 17.3. The van der Waals surface area contributed by atoms with E-state index < -0.39 is 23.3 Å². The minimum atomic E-state index is -1.06. The lowest BCUT2D eigenvalue weighted by Gasteiger charge is -2.29. The highest BCUT2D eigenvalue weighted by molar-refractivity contribution is 5.99. The van der Waals surface area contributed by atoms with Gasteiger partial charge in [-0.2, -0.15) is 10.2 Å². The highest BCUT2D eigenvalue weighted by Crippen LogP contribution is 2.40. The first-order valence-corrected chi connectivity index (χ1v) is 10.3. The third-order valence-corrected chi connectivity index (χ3v) is 5.77. The first-order chi connectivity index (χ1) is 16.1. The molecule has 8 heteroatoms. The van der Waals surface area contributed by atoms with Gasteiger partial charge in [0.2, 0.25) is 11.9 Å². The number of anilines is 3. The van der Waals surface area contributed by atoms with E-state index in [0.29, 0.717) is 11.4 Å². The first-order valence-electron chi connectivity index (χ1n) is 10.3. The summed E-state index contributed by atoms with van der Waals surface area (Å²) >= 11 is 0. The zero-order chi connectivity index (χ0) is 22.9. The van der Waals surface area contributed by atoms with Gasteiger partial charge in [0.1, 0.15) is 17.5 Å². The monoisotopic (exact) mass is 437 g/mol. The Morgan fingerprint density at radius 1 is 1.03 bits per heavy atom. The molecule has 0 aliphatic carbocycles. The summed E-state index contributed by atoms with van der Waals surface area (Å²) in [5.74, 6) is -1.29. The number of carbonyl (C=O) groups excluding carboxylic acids is 1. The van der Waals surface area contributed by atoms with Crippen LogP contribution in [0.4, 0.5) is 17.5 Å². The minimum Gasteiger partial charge on any atom is -0.497 e. The van der Waals surface area contributed by atoms with Crippen molar-refractivity contribution in [1.82, 2.24) is 9.97 Å². The number of ether oxygens (including phenoxy) is 1. The smallest absolute Gasteiger partial charge is 0.258 e. The van der Waals surface area contributed by atoms with Crippen LogP contribution in [0.1, 0.15) is 17.0 Å². The summed E-state index contributed by atoms with van der Waals surface area (Å²) in [6, 6.07) is 22.5.